The minimum absolute atomic E-state index is 0.137. The Balaban J connectivity index is 2.62. The second-order valence-corrected chi connectivity index (χ2v) is 4.16. The molecule has 1 aromatic heterocycles. The fourth-order valence-electron chi connectivity index (χ4n) is 1.77. The van der Waals surface area contributed by atoms with Crippen LogP contribution in [-0.2, 0) is 7.05 Å². The van der Waals surface area contributed by atoms with Crippen LogP contribution in [0.5, 0.6) is 0 Å². The van der Waals surface area contributed by atoms with Crippen molar-refractivity contribution in [3.8, 4) is 0 Å². The molecule has 2 nitrogen and oxygen atoms in total. The fourth-order valence-corrected chi connectivity index (χ4v) is 1.88. The molecule has 1 heterocycles. The van der Waals surface area contributed by atoms with Crippen molar-refractivity contribution in [1.82, 2.24) is 4.57 Å². The Hall–Kier alpha value is -1.13. The maximum absolute atomic E-state index is 12.8. The molecule has 0 unspecified atom stereocenters. The minimum atomic E-state index is -3.66. The van der Waals surface area contributed by atoms with Gasteiger partial charge >= 0.3 is 5.38 Å². The zero-order valence-electron chi connectivity index (χ0n) is 8.49. The molecule has 0 aliphatic carbocycles. The van der Waals surface area contributed by atoms with Crippen molar-refractivity contribution in [2.45, 2.75) is 11.5 Å². The molecule has 0 aliphatic rings. The summed E-state index contributed by atoms with van der Waals surface area (Å²) in [5, 5.41) is 6.39. The molecule has 0 fully saturated rings. The van der Waals surface area contributed by atoms with Gasteiger partial charge < -0.3 is 9.67 Å². The average molecular weight is 246 g/mol. The van der Waals surface area contributed by atoms with Crippen LogP contribution in [0.25, 0.3) is 10.9 Å². The van der Waals surface area contributed by atoms with E-state index in [2.05, 4.69) is 0 Å². The number of alkyl halides is 3. The molecule has 0 saturated heterocycles. The van der Waals surface area contributed by atoms with Crippen LogP contribution in [-0.4, -0.2) is 15.1 Å². The molecule has 0 spiro atoms. The predicted octanol–water partition coefficient (Wildman–Crippen LogP) is 3.04. The van der Waals surface area contributed by atoms with Crippen LogP contribution < -0.4 is 0 Å². The van der Waals surface area contributed by atoms with E-state index < -0.39 is 11.5 Å². The summed E-state index contributed by atoms with van der Waals surface area (Å²) in [6, 6.07) is 7.00. The summed E-state index contributed by atoms with van der Waals surface area (Å²) in [5.74, 6) is 0. The van der Waals surface area contributed by atoms with Crippen LogP contribution >= 0.6 is 11.6 Å². The molecule has 1 N–H and O–H groups in total. The standard InChI is InChI=1S/C11H10ClF2NO/c1-15-6-8(10(16)11(12,13)14)7-4-2-3-5-9(7)15/h2-6,10,16H,1H3/t10-/m1/s1. The van der Waals surface area contributed by atoms with E-state index >= 15 is 0 Å². The summed E-state index contributed by atoms with van der Waals surface area (Å²) in [6.07, 6.45) is -0.536. The molecule has 2 rings (SSSR count). The van der Waals surface area contributed by atoms with Crippen molar-refractivity contribution >= 4 is 22.5 Å². The number of para-hydroxylation sites is 1. The summed E-state index contributed by atoms with van der Waals surface area (Å²) in [6.45, 7) is 0. The number of fused-ring (bicyclic) bond motifs is 1. The third kappa shape index (κ3) is 1.79. The van der Waals surface area contributed by atoms with Gasteiger partial charge in [0.2, 0.25) is 0 Å². The van der Waals surface area contributed by atoms with Gasteiger partial charge in [0.15, 0.2) is 6.10 Å². The highest BCUT2D eigenvalue weighted by Gasteiger charge is 2.38. The Morgan fingerprint density at radius 1 is 1.38 bits per heavy atom. The summed E-state index contributed by atoms with van der Waals surface area (Å²) < 4.78 is 27.4. The molecule has 16 heavy (non-hydrogen) atoms. The number of hydrogen-bond donors (Lipinski definition) is 1. The van der Waals surface area contributed by atoms with Gasteiger partial charge in [-0.05, 0) is 17.7 Å². The zero-order valence-corrected chi connectivity index (χ0v) is 9.25. The lowest BCUT2D eigenvalue weighted by atomic mass is 10.1. The largest absolute Gasteiger partial charge is 0.381 e. The first-order valence-corrected chi connectivity index (χ1v) is 5.08. The molecule has 0 radical (unpaired) electrons. The van der Waals surface area contributed by atoms with Crippen molar-refractivity contribution < 1.29 is 13.9 Å². The van der Waals surface area contributed by atoms with Crippen LogP contribution in [0.2, 0.25) is 0 Å². The molecular weight excluding hydrogens is 236 g/mol. The molecule has 1 aromatic carbocycles. The van der Waals surface area contributed by atoms with Crippen molar-refractivity contribution in [3.05, 3.63) is 36.0 Å². The fraction of sp³-hybridized carbons (Fsp3) is 0.273. The third-order valence-electron chi connectivity index (χ3n) is 2.53. The molecule has 0 amide bonds. The topological polar surface area (TPSA) is 25.2 Å². The average Bonchev–Trinajstić information content (AvgIpc) is 2.55. The van der Waals surface area contributed by atoms with E-state index in [4.69, 9.17) is 11.6 Å². The summed E-state index contributed by atoms with van der Waals surface area (Å²) in [7, 11) is 1.73. The number of aromatic nitrogens is 1. The lowest BCUT2D eigenvalue weighted by Crippen LogP contribution is -2.18. The van der Waals surface area contributed by atoms with Crippen molar-refractivity contribution in [2.24, 2.45) is 7.05 Å². The van der Waals surface area contributed by atoms with Gasteiger partial charge in [-0.2, -0.15) is 8.78 Å². The number of benzene rings is 1. The van der Waals surface area contributed by atoms with E-state index in [0.29, 0.717) is 5.39 Å². The second kappa shape index (κ2) is 3.71. The van der Waals surface area contributed by atoms with E-state index in [1.54, 1.807) is 35.9 Å². The molecule has 86 valence electrons. The summed E-state index contributed by atoms with van der Waals surface area (Å²) in [5.41, 5.74) is 0.913. The first kappa shape index (κ1) is 11.4. The van der Waals surface area contributed by atoms with E-state index in [0.717, 1.165) is 5.52 Å². The van der Waals surface area contributed by atoms with Gasteiger partial charge in [0.25, 0.3) is 0 Å². The summed E-state index contributed by atoms with van der Waals surface area (Å²) >= 11 is 4.84. The smallest absolute Gasteiger partial charge is 0.351 e. The van der Waals surface area contributed by atoms with Crippen molar-refractivity contribution in [1.29, 1.82) is 0 Å². The van der Waals surface area contributed by atoms with Gasteiger partial charge in [0.1, 0.15) is 0 Å². The molecule has 1 atom stereocenters. The third-order valence-corrected chi connectivity index (χ3v) is 2.74. The van der Waals surface area contributed by atoms with E-state index in [1.165, 1.54) is 6.20 Å². The lowest BCUT2D eigenvalue weighted by molar-refractivity contribution is -0.0417. The first-order chi connectivity index (χ1) is 7.41. The maximum Gasteiger partial charge on any atom is 0.351 e. The van der Waals surface area contributed by atoms with Gasteiger partial charge in [-0.1, -0.05) is 18.2 Å². The monoisotopic (exact) mass is 245 g/mol. The van der Waals surface area contributed by atoms with Gasteiger partial charge in [-0.25, -0.2) is 0 Å². The van der Waals surface area contributed by atoms with Crippen LogP contribution in [0.4, 0.5) is 8.78 Å². The minimum Gasteiger partial charge on any atom is -0.381 e. The number of hydrogen-bond acceptors (Lipinski definition) is 1. The Morgan fingerprint density at radius 2 is 2.00 bits per heavy atom. The van der Waals surface area contributed by atoms with Crippen molar-refractivity contribution in [2.75, 3.05) is 0 Å². The lowest BCUT2D eigenvalue weighted by Gasteiger charge is -2.14. The molecular formula is C11H10ClF2NO. The molecule has 0 bridgehead atoms. The van der Waals surface area contributed by atoms with E-state index in [1.807, 2.05) is 0 Å². The highest BCUT2D eigenvalue weighted by Crippen LogP contribution is 2.38. The molecule has 5 heteroatoms. The normalized spacial score (nSPS) is 14.3. The Kier molecular flexibility index (Phi) is 2.64. The van der Waals surface area contributed by atoms with E-state index in [-0.39, 0.29) is 5.56 Å². The van der Waals surface area contributed by atoms with Crippen LogP contribution in [0.15, 0.2) is 30.5 Å². The van der Waals surface area contributed by atoms with Crippen molar-refractivity contribution in [3.63, 3.8) is 0 Å². The van der Waals surface area contributed by atoms with E-state index in [9.17, 15) is 13.9 Å². The van der Waals surface area contributed by atoms with Crippen LogP contribution in [0.3, 0.4) is 0 Å². The Morgan fingerprint density at radius 3 is 2.62 bits per heavy atom. The number of nitrogens with zero attached hydrogens (tertiary/aromatic N) is 1. The van der Waals surface area contributed by atoms with Gasteiger partial charge in [0.05, 0.1) is 0 Å². The van der Waals surface area contributed by atoms with Gasteiger partial charge in [-0.3, -0.25) is 0 Å². The number of aryl methyl sites for hydroxylation is 1. The Bertz CT molecular complexity index is 518. The Labute approximate surface area is 96.1 Å². The number of aliphatic hydroxyl groups excluding tert-OH is 1. The number of aliphatic hydroxyl groups is 1. The SMILES string of the molecule is Cn1cc([C@@H](O)C(F)(F)Cl)c2ccccc21. The highest BCUT2D eigenvalue weighted by molar-refractivity contribution is 6.22. The summed E-state index contributed by atoms with van der Waals surface area (Å²) in [4.78, 5) is 0. The molecule has 2 aromatic rings. The van der Waals surface area contributed by atoms with Crippen LogP contribution in [0.1, 0.15) is 11.7 Å². The predicted molar refractivity (Wildman–Crippen MR) is 58.7 cm³/mol. The zero-order chi connectivity index (χ0) is 11.9. The highest BCUT2D eigenvalue weighted by atomic mass is 35.5. The second-order valence-electron chi connectivity index (χ2n) is 3.66. The van der Waals surface area contributed by atoms with Crippen LogP contribution in [0, 0.1) is 0 Å². The quantitative estimate of drug-likeness (QED) is 0.809. The van der Waals surface area contributed by atoms with Gasteiger partial charge in [0, 0.05) is 29.7 Å². The number of halogens is 3. The molecule has 0 saturated carbocycles. The molecule has 0 aliphatic heterocycles. The number of rotatable bonds is 2. The van der Waals surface area contributed by atoms with Gasteiger partial charge in [-0.15, -0.1) is 0 Å². The maximum atomic E-state index is 12.8. The first-order valence-electron chi connectivity index (χ1n) is 4.70.